The number of amides is 1. The Bertz CT molecular complexity index is 772. The van der Waals surface area contributed by atoms with Crippen molar-refractivity contribution in [3.8, 4) is 11.5 Å². The predicted molar refractivity (Wildman–Crippen MR) is 104 cm³/mol. The van der Waals surface area contributed by atoms with Crippen LogP contribution in [0.1, 0.15) is 18.1 Å². The number of nitrogens with one attached hydrogen (secondary N) is 1. The lowest BCUT2D eigenvalue weighted by Crippen LogP contribution is -2.30. The first kappa shape index (κ1) is 20.4. The Hall–Kier alpha value is -1.92. The summed E-state index contributed by atoms with van der Waals surface area (Å²) in [4.78, 5) is 12.3. The van der Waals surface area contributed by atoms with E-state index in [1.807, 2.05) is 19.1 Å². The van der Waals surface area contributed by atoms with Gasteiger partial charge in [-0.2, -0.15) is 0 Å². The Morgan fingerprint density at radius 3 is 2.58 bits per heavy atom. The van der Waals surface area contributed by atoms with E-state index in [-0.39, 0.29) is 17.0 Å². The summed E-state index contributed by atoms with van der Waals surface area (Å²) >= 11 is 7.45. The van der Waals surface area contributed by atoms with Crippen molar-refractivity contribution in [2.75, 3.05) is 14.2 Å². The van der Waals surface area contributed by atoms with Crippen LogP contribution in [-0.4, -0.2) is 25.4 Å². The number of thioether (sulfide) groups is 1. The second-order valence-electron chi connectivity index (χ2n) is 5.60. The van der Waals surface area contributed by atoms with Crippen LogP contribution in [-0.2, 0) is 17.1 Å². The van der Waals surface area contributed by atoms with Gasteiger partial charge in [-0.15, -0.1) is 11.8 Å². The Labute approximate surface area is 162 Å². The van der Waals surface area contributed by atoms with Crippen molar-refractivity contribution in [1.29, 1.82) is 0 Å². The van der Waals surface area contributed by atoms with Crippen LogP contribution in [0.5, 0.6) is 11.5 Å². The van der Waals surface area contributed by atoms with Gasteiger partial charge in [0.15, 0.2) is 11.5 Å². The first-order valence-electron chi connectivity index (χ1n) is 7.98. The number of hydrogen-bond acceptors (Lipinski definition) is 4. The van der Waals surface area contributed by atoms with Gasteiger partial charge in [0.1, 0.15) is 5.82 Å². The van der Waals surface area contributed by atoms with Crippen LogP contribution < -0.4 is 14.8 Å². The number of halogens is 2. The average molecular weight is 398 g/mol. The third-order valence-electron chi connectivity index (χ3n) is 3.79. The number of methoxy groups -OCH3 is 2. The summed E-state index contributed by atoms with van der Waals surface area (Å²) in [6, 6.07) is 9.78. The molecule has 1 atom stereocenters. The maximum Gasteiger partial charge on any atom is 0.233 e. The van der Waals surface area contributed by atoms with Crippen LogP contribution in [0.15, 0.2) is 36.4 Å². The molecule has 0 heterocycles. The number of carbonyl (C=O) groups excluding carboxylic acids is 1. The van der Waals surface area contributed by atoms with Crippen LogP contribution >= 0.6 is 23.4 Å². The normalized spacial score (nSPS) is 11.7. The largest absolute Gasteiger partial charge is 0.493 e. The molecule has 0 aliphatic carbocycles. The first-order chi connectivity index (χ1) is 12.4. The molecule has 4 nitrogen and oxygen atoms in total. The third kappa shape index (κ3) is 5.54. The molecule has 26 heavy (non-hydrogen) atoms. The summed E-state index contributed by atoms with van der Waals surface area (Å²) < 4.78 is 23.5. The highest BCUT2D eigenvalue weighted by molar-refractivity contribution is 7.99. The Morgan fingerprint density at radius 1 is 1.19 bits per heavy atom. The van der Waals surface area contributed by atoms with Gasteiger partial charge in [0.05, 0.1) is 19.5 Å². The summed E-state index contributed by atoms with van der Waals surface area (Å²) in [5.41, 5.74) is 1.72. The van der Waals surface area contributed by atoms with E-state index < -0.39 is 0 Å². The zero-order chi connectivity index (χ0) is 19.1. The Kier molecular flexibility index (Phi) is 7.60. The summed E-state index contributed by atoms with van der Waals surface area (Å²) in [6.07, 6.45) is 0. The Morgan fingerprint density at radius 2 is 1.92 bits per heavy atom. The molecule has 1 N–H and O–H groups in total. The molecule has 7 heteroatoms. The van der Waals surface area contributed by atoms with Crippen molar-refractivity contribution < 1.29 is 18.7 Å². The van der Waals surface area contributed by atoms with Crippen LogP contribution in [0.2, 0.25) is 5.02 Å². The molecule has 2 rings (SSSR count). The van der Waals surface area contributed by atoms with E-state index in [0.717, 1.165) is 11.1 Å². The zero-order valence-corrected chi connectivity index (χ0v) is 16.4. The van der Waals surface area contributed by atoms with Gasteiger partial charge in [0.25, 0.3) is 0 Å². The molecule has 2 aromatic rings. The smallest absolute Gasteiger partial charge is 0.233 e. The number of benzene rings is 2. The number of ether oxygens (including phenoxy) is 2. The van der Waals surface area contributed by atoms with Crippen LogP contribution in [0.3, 0.4) is 0 Å². The molecule has 0 spiro atoms. The van der Waals surface area contributed by atoms with Crippen LogP contribution in [0, 0.1) is 5.82 Å². The molecule has 0 saturated heterocycles. The van der Waals surface area contributed by atoms with Crippen molar-refractivity contribution in [2.45, 2.75) is 24.5 Å². The van der Waals surface area contributed by atoms with E-state index in [0.29, 0.717) is 28.8 Å². The maximum atomic E-state index is 13.1. The molecule has 0 aliphatic rings. The lowest BCUT2D eigenvalue weighted by atomic mass is 10.2. The first-order valence-corrected chi connectivity index (χ1v) is 9.41. The van der Waals surface area contributed by atoms with Crippen molar-refractivity contribution >= 4 is 29.3 Å². The second-order valence-corrected chi connectivity index (χ2v) is 7.33. The molecule has 0 radical (unpaired) electrons. The molecular weight excluding hydrogens is 377 g/mol. The topological polar surface area (TPSA) is 47.6 Å². The van der Waals surface area contributed by atoms with Gasteiger partial charge in [-0.25, -0.2) is 4.39 Å². The van der Waals surface area contributed by atoms with E-state index in [1.54, 1.807) is 26.4 Å². The van der Waals surface area contributed by atoms with Crippen LogP contribution in [0.4, 0.5) is 4.39 Å². The van der Waals surface area contributed by atoms with E-state index in [4.69, 9.17) is 21.1 Å². The van der Waals surface area contributed by atoms with Gasteiger partial charge in [-0.05, 0) is 42.3 Å². The fourth-order valence-electron chi connectivity index (χ4n) is 2.25. The molecule has 0 saturated carbocycles. The predicted octanol–water partition coefficient (Wildman–Crippen LogP) is 4.43. The minimum atomic E-state index is -0.371. The van der Waals surface area contributed by atoms with Gasteiger partial charge in [0, 0.05) is 17.3 Å². The maximum absolute atomic E-state index is 13.1. The monoisotopic (exact) mass is 397 g/mol. The van der Waals surface area contributed by atoms with Gasteiger partial charge in [-0.3, -0.25) is 4.79 Å². The average Bonchev–Trinajstić information content (AvgIpc) is 2.64. The fourth-order valence-corrected chi connectivity index (χ4v) is 3.48. The van der Waals surface area contributed by atoms with E-state index in [9.17, 15) is 9.18 Å². The fraction of sp³-hybridized carbons (Fsp3) is 0.316. The highest BCUT2D eigenvalue weighted by atomic mass is 35.5. The molecule has 140 valence electrons. The van der Waals surface area contributed by atoms with E-state index in [2.05, 4.69) is 5.32 Å². The standard InChI is InChI=1S/C19H21ClFNO3S/c1-12(26-11-14-5-6-15(21)9-16(14)20)19(23)22-10-13-4-7-17(24-2)18(8-13)25-3/h4-9,12H,10-11H2,1-3H3,(H,22,23). The summed E-state index contributed by atoms with van der Waals surface area (Å²) in [5.74, 6) is 1.34. The third-order valence-corrected chi connectivity index (χ3v) is 5.33. The van der Waals surface area contributed by atoms with Crippen molar-refractivity contribution in [3.63, 3.8) is 0 Å². The second kappa shape index (κ2) is 9.69. The van der Waals surface area contributed by atoms with Crippen molar-refractivity contribution in [2.24, 2.45) is 0 Å². The zero-order valence-electron chi connectivity index (χ0n) is 14.8. The summed E-state index contributed by atoms with van der Waals surface area (Å²) in [6.45, 7) is 2.22. The molecule has 1 unspecified atom stereocenters. The highest BCUT2D eigenvalue weighted by Crippen LogP contribution is 2.28. The minimum absolute atomic E-state index is 0.0805. The Balaban J connectivity index is 1.87. The molecule has 0 aromatic heterocycles. The molecule has 0 bridgehead atoms. The molecule has 1 amide bonds. The van der Waals surface area contributed by atoms with E-state index >= 15 is 0 Å². The van der Waals surface area contributed by atoms with E-state index in [1.165, 1.54) is 23.9 Å². The SMILES string of the molecule is COc1ccc(CNC(=O)C(C)SCc2ccc(F)cc2Cl)cc1OC. The molecule has 0 fully saturated rings. The minimum Gasteiger partial charge on any atom is -0.493 e. The van der Waals surface area contributed by atoms with Gasteiger partial charge in [-0.1, -0.05) is 23.7 Å². The van der Waals surface area contributed by atoms with Crippen LogP contribution in [0.25, 0.3) is 0 Å². The number of rotatable bonds is 8. The van der Waals surface area contributed by atoms with Gasteiger partial charge >= 0.3 is 0 Å². The quantitative estimate of drug-likeness (QED) is 0.715. The number of hydrogen-bond donors (Lipinski definition) is 1. The van der Waals surface area contributed by atoms with Gasteiger partial charge in [0.2, 0.25) is 5.91 Å². The van der Waals surface area contributed by atoms with Gasteiger partial charge < -0.3 is 14.8 Å². The molecular formula is C19H21ClFNO3S. The molecule has 0 aliphatic heterocycles. The highest BCUT2D eigenvalue weighted by Gasteiger charge is 2.14. The summed E-state index contributed by atoms with van der Waals surface area (Å²) in [7, 11) is 3.14. The lowest BCUT2D eigenvalue weighted by Gasteiger charge is -2.14. The van der Waals surface area contributed by atoms with Crippen molar-refractivity contribution in [1.82, 2.24) is 5.32 Å². The lowest BCUT2D eigenvalue weighted by molar-refractivity contribution is -0.120. The summed E-state index contributed by atoms with van der Waals surface area (Å²) in [5, 5.41) is 3.00. The van der Waals surface area contributed by atoms with Crippen molar-refractivity contribution in [3.05, 3.63) is 58.4 Å². The number of carbonyl (C=O) groups is 1. The molecule has 2 aromatic carbocycles.